The number of aliphatic carboxylic acids is 1. The van der Waals surface area contributed by atoms with Crippen LogP contribution in [0.25, 0.3) is 0 Å². The number of hydrogen-bond acceptors (Lipinski definition) is 3. The molecule has 3 atom stereocenters. The number of hydrogen-bond donors (Lipinski definition) is 2. The Morgan fingerprint density at radius 2 is 1.82 bits per heavy atom. The zero-order chi connectivity index (χ0) is 13.6. The lowest BCUT2D eigenvalue weighted by molar-refractivity contribution is -0.144. The molecular formula is C13H27NO2S. The normalized spacial score (nSPS) is 18.8. The van der Waals surface area contributed by atoms with Crippen molar-refractivity contribution in [2.75, 3.05) is 0 Å². The highest BCUT2D eigenvalue weighted by Crippen LogP contribution is 2.27. The highest BCUT2D eigenvalue weighted by Gasteiger charge is 2.35. The Labute approximate surface area is 110 Å². The fourth-order valence-electron chi connectivity index (χ4n) is 1.96. The van der Waals surface area contributed by atoms with Gasteiger partial charge in [-0.15, -0.1) is 0 Å². The Bertz CT molecular complexity index is 246. The smallest absolute Gasteiger partial charge is 0.323 e. The molecule has 0 saturated carbocycles. The Morgan fingerprint density at radius 1 is 1.29 bits per heavy atom. The average Bonchev–Trinajstić information content (AvgIpc) is 2.15. The number of carboxylic acid groups (broad SMARTS) is 1. The Kier molecular flexibility index (Phi) is 7.17. The molecule has 0 aliphatic carbocycles. The molecule has 102 valence electrons. The van der Waals surface area contributed by atoms with Crippen molar-refractivity contribution in [2.45, 2.75) is 76.5 Å². The zero-order valence-electron chi connectivity index (χ0n) is 11.9. The fraction of sp³-hybridized carbons (Fsp3) is 0.923. The summed E-state index contributed by atoms with van der Waals surface area (Å²) in [5.41, 5.74) is -0.825. The van der Waals surface area contributed by atoms with Crippen molar-refractivity contribution in [1.82, 2.24) is 5.32 Å². The van der Waals surface area contributed by atoms with E-state index in [9.17, 15) is 9.90 Å². The number of carboxylic acids is 1. The van der Waals surface area contributed by atoms with Gasteiger partial charge in [-0.2, -0.15) is 11.8 Å². The maximum Gasteiger partial charge on any atom is 0.323 e. The van der Waals surface area contributed by atoms with Gasteiger partial charge in [-0.05, 0) is 33.6 Å². The molecule has 0 aliphatic heterocycles. The highest BCUT2D eigenvalue weighted by molar-refractivity contribution is 8.00. The molecule has 0 amide bonds. The Balaban J connectivity index is 4.49. The van der Waals surface area contributed by atoms with Gasteiger partial charge in [0.1, 0.15) is 5.54 Å². The van der Waals surface area contributed by atoms with E-state index in [1.54, 1.807) is 6.92 Å². The molecule has 0 spiro atoms. The molecular weight excluding hydrogens is 234 g/mol. The van der Waals surface area contributed by atoms with Crippen LogP contribution < -0.4 is 5.32 Å². The first-order valence-corrected chi connectivity index (χ1v) is 7.32. The first kappa shape index (κ1) is 16.8. The van der Waals surface area contributed by atoms with Gasteiger partial charge in [0.15, 0.2) is 0 Å². The van der Waals surface area contributed by atoms with Crippen molar-refractivity contribution >= 4 is 17.7 Å². The summed E-state index contributed by atoms with van der Waals surface area (Å²) in [4.78, 5) is 11.4. The van der Waals surface area contributed by atoms with E-state index < -0.39 is 11.5 Å². The molecule has 3 nitrogen and oxygen atoms in total. The molecule has 4 heteroatoms. The molecule has 0 heterocycles. The van der Waals surface area contributed by atoms with Crippen LogP contribution in [0.4, 0.5) is 0 Å². The van der Waals surface area contributed by atoms with Crippen LogP contribution in [0.5, 0.6) is 0 Å². The van der Waals surface area contributed by atoms with Crippen molar-refractivity contribution in [2.24, 2.45) is 0 Å². The molecule has 0 aliphatic rings. The molecule has 3 unspecified atom stereocenters. The van der Waals surface area contributed by atoms with Gasteiger partial charge >= 0.3 is 5.97 Å². The first-order valence-electron chi connectivity index (χ1n) is 6.37. The van der Waals surface area contributed by atoms with Crippen LogP contribution >= 0.6 is 11.8 Å². The molecule has 0 bridgehead atoms. The van der Waals surface area contributed by atoms with Crippen LogP contribution in [0.3, 0.4) is 0 Å². The Morgan fingerprint density at radius 3 is 2.18 bits per heavy atom. The van der Waals surface area contributed by atoms with E-state index >= 15 is 0 Å². The lowest BCUT2D eigenvalue weighted by atomic mass is 9.95. The second-order valence-electron chi connectivity index (χ2n) is 5.31. The van der Waals surface area contributed by atoms with E-state index in [4.69, 9.17) is 0 Å². The summed E-state index contributed by atoms with van der Waals surface area (Å²) in [5, 5.41) is 13.4. The van der Waals surface area contributed by atoms with Gasteiger partial charge in [-0.3, -0.25) is 10.1 Å². The maximum absolute atomic E-state index is 11.4. The molecule has 17 heavy (non-hydrogen) atoms. The third kappa shape index (κ3) is 6.32. The van der Waals surface area contributed by atoms with Gasteiger partial charge in [0.05, 0.1) is 0 Å². The average molecular weight is 261 g/mol. The molecule has 0 rings (SSSR count). The molecule has 0 aromatic rings. The van der Waals surface area contributed by atoms with Crippen molar-refractivity contribution in [3.63, 3.8) is 0 Å². The predicted molar refractivity (Wildman–Crippen MR) is 75.7 cm³/mol. The predicted octanol–water partition coefficient (Wildman–Crippen LogP) is 3.14. The minimum atomic E-state index is -0.825. The largest absolute Gasteiger partial charge is 0.480 e. The van der Waals surface area contributed by atoms with E-state index in [0.717, 1.165) is 6.42 Å². The monoisotopic (exact) mass is 261 g/mol. The minimum Gasteiger partial charge on any atom is -0.480 e. The van der Waals surface area contributed by atoms with Gasteiger partial charge < -0.3 is 5.11 Å². The summed E-state index contributed by atoms with van der Waals surface area (Å²) in [5.74, 6) is -0.761. The van der Waals surface area contributed by atoms with Gasteiger partial charge in [0.25, 0.3) is 0 Å². The summed E-state index contributed by atoms with van der Waals surface area (Å²) in [7, 11) is 0. The summed E-state index contributed by atoms with van der Waals surface area (Å²) >= 11 is 1.87. The minimum absolute atomic E-state index is 0.178. The van der Waals surface area contributed by atoms with E-state index in [-0.39, 0.29) is 6.04 Å². The van der Waals surface area contributed by atoms with E-state index in [2.05, 4.69) is 26.1 Å². The van der Waals surface area contributed by atoms with Crippen molar-refractivity contribution < 1.29 is 9.90 Å². The van der Waals surface area contributed by atoms with Gasteiger partial charge in [0, 0.05) is 16.5 Å². The van der Waals surface area contributed by atoms with Gasteiger partial charge in [0.2, 0.25) is 0 Å². The number of thioether (sulfide) groups is 1. The lowest BCUT2D eigenvalue weighted by Crippen LogP contribution is -2.53. The van der Waals surface area contributed by atoms with Crippen LogP contribution in [-0.2, 0) is 4.79 Å². The van der Waals surface area contributed by atoms with Crippen LogP contribution in [-0.4, -0.2) is 33.2 Å². The third-order valence-electron chi connectivity index (χ3n) is 2.81. The van der Waals surface area contributed by atoms with E-state index in [0.29, 0.717) is 16.9 Å². The maximum atomic E-state index is 11.4. The number of rotatable bonds is 8. The first-order chi connectivity index (χ1) is 7.71. The second kappa shape index (κ2) is 7.27. The van der Waals surface area contributed by atoms with Crippen LogP contribution in [0.15, 0.2) is 0 Å². The highest BCUT2D eigenvalue weighted by atomic mass is 32.2. The molecule has 0 aromatic heterocycles. The third-order valence-corrected chi connectivity index (χ3v) is 4.24. The standard InChI is InChI=1S/C13H27NO2S/c1-7-10(4)17-11(5)8-13(6,12(15)16)14-9(2)3/h9-11,14H,7-8H2,1-6H3,(H,15,16). The van der Waals surface area contributed by atoms with Crippen LogP contribution in [0.1, 0.15) is 54.4 Å². The van der Waals surface area contributed by atoms with E-state index in [1.165, 1.54) is 0 Å². The van der Waals surface area contributed by atoms with Crippen LogP contribution in [0, 0.1) is 0 Å². The fourth-order valence-corrected chi connectivity index (χ4v) is 3.38. The van der Waals surface area contributed by atoms with Crippen molar-refractivity contribution in [1.29, 1.82) is 0 Å². The van der Waals surface area contributed by atoms with Gasteiger partial charge in [-0.1, -0.05) is 20.8 Å². The SMILES string of the molecule is CCC(C)SC(C)CC(C)(NC(C)C)C(=O)O. The Hall–Kier alpha value is -0.220. The quantitative estimate of drug-likeness (QED) is 0.705. The molecule has 0 saturated heterocycles. The molecule has 2 N–H and O–H groups in total. The second-order valence-corrected chi connectivity index (χ2v) is 7.19. The van der Waals surface area contributed by atoms with Crippen molar-refractivity contribution in [3.8, 4) is 0 Å². The van der Waals surface area contributed by atoms with Crippen LogP contribution in [0.2, 0.25) is 0 Å². The summed E-state index contributed by atoms with van der Waals surface area (Å²) in [6.07, 6.45) is 1.77. The van der Waals surface area contributed by atoms with E-state index in [1.807, 2.05) is 25.6 Å². The number of carbonyl (C=O) groups is 1. The zero-order valence-corrected chi connectivity index (χ0v) is 12.7. The topological polar surface area (TPSA) is 49.3 Å². The number of nitrogens with one attached hydrogen (secondary N) is 1. The van der Waals surface area contributed by atoms with Gasteiger partial charge in [-0.25, -0.2) is 0 Å². The molecule has 0 radical (unpaired) electrons. The summed E-state index contributed by atoms with van der Waals surface area (Å²) in [6, 6.07) is 0.178. The van der Waals surface area contributed by atoms with Crippen molar-refractivity contribution in [3.05, 3.63) is 0 Å². The molecule has 0 aromatic carbocycles. The summed E-state index contributed by atoms with van der Waals surface area (Å²) < 4.78 is 0. The summed E-state index contributed by atoms with van der Waals surface area (Å²) in [6.45, 7) is 12.2. The lowest BCUT2D eigenvalue weighted by Gasteiger charge is -2.31. The molecule has 0 fully saturated rings.